The molecule has 0 aliphatic heterocycles. The highest BCUT2D eigenvalue weighted by atomic mass is 16.3. The molecule has 0 atom stereocenters. The maximum Gasteiger partial charge on any atom is 0.130 e. The highest BCUT2D eigenvalue weighted by Gasteiger charge is 2.08. The van der Waals surface area contributed by atoms with Crippen molar-refractivity contribution in [2.24, 2.45) is 0 Å². The van der Waals surface area contributed by atoms with Crippen LogP contribution < -0.4 is 0 Å². The highest BCUT2D eigenvalue weighted by molar-refractivity contribution is 5.93. The lowest BCUT2D eigenvalue weighted by molar-refractivity contribution is 0.510. The first kappa shape index (κ1) is 9.91. The van der Waals surface area contributed by atoms with E-state index >= 15 is 0 Å². The molecule has 1 N–H and O–H groups in total. The van der Waals surface area contributed by atoms with Gasteiger partial charge in [-0.15, -0.1) is 0 Å². The van der Waals surface area contributed by atoms with E-state index in [1.807, 2.05) is 54.6 Å². The van der Waals surface area contributed by atoms with Crippen molar-refractivity contribution in [2.75, 3.05) is 0 Å². The van der Waals surface area contributed by atoms with Crippen LogP contribution in [0.4, 0.5) is 0 Å². The van der Waals surface area contributed by atoms with Gasteiger partial charge in [0.15, 0.2) is 0 Å². The molecule has 0 unspecified atom stereocenters. The van der Waals surface area contributed by atoms with Crippen LogP contribution in [-0.2, 0) is 0 Å². The Morgan fingerprint density at radius 2 is 1.53 bits per heavy atom. The van der Waals surface area contributed by atoms with Crippen molar-refractivity contribution in [1.29, 1.82) is 0 Å². The monoisotopic (exact) mass is 220 g/mol. The highest BCUT2D eigenvalue weighted by Crippen LogP contribution is 2.27. The Bertz CT molecular complexity index is 641. The summed E-state index contributed by atoms with van der Waals surface area (Å²) in [5, 5.41) is 12.5. The zero-order chi connectivity index (χ0) is 11.7. The molecule has 0 radical (unpaired) electrons. The summed E-state index contributed by atoms with van der Waals surface area (Å²) >= 11 is 0. The van der Waals surface area contributed by atoms with Gasteiger partial charge in [-0.25, -0.2) is 0 Å². The van der Waals surface area contributed by atoms with Crippen LogP contribution in [0.3, 0.4) is 0 Å². The van der Waals surface area contributed by atoms with Crippen molar-refractivity contribution < 1.29 is 5.11 Å². The van der Waals surface area contributed by atoms with E-state index in [2.05, 4.69) is 12.1 Å². The lowest BCUT2D eigenvalue weighted by atomic mass is 10.0. The Kier molecular flexibility index (Phi) is 2.30. The Balaban J connectivity index is 2.28. The minimum absolute atomic E-state index is 0.340. The van der Waals surface area contributed by atoms with E-state index in [1.165, 1.54) is 0 Å². The predicted molar refractivity (Wildman–Crippen MR) is 71.8 cm³/mol. The smallest absolute Gasteiger partial charge is 0.130 e. The van der Waals surface area contributed by atoms with Crippen LogP contribution in [0.1, 0.15) is 5.56 Å². The van der Waals surface area contributed by atoms with Gasteiger partial charge in [-0.3, -0.25) is 0 Å². The molecule has 0 aromatic heterocycles. The molecule has 0 fully saturated rings. The molecule has 17 heavy (non-hydrogen) atoms. The van der Waals surface area contributed by atoms with E-state index in [-0.39, 0.29) is 0 Å². The number of allylic oxidation sites excluding steroid dienone is 5. The van der Waals surface area contributed by atoms with E-state index in [4.69, 9.17) is 0 Å². The first-order valence-electron chi connectivity index (χ1n) is 5.62. The molecule has 1 aliphatic carbocycles. The molecule has 1 aliphatic rings. The number of fused-ring (bicyclic) bond motifs is 1. The van der Waals surface area contributed by atoms with Crippen molar-refractivity contribution in [2.45, 2.75) is 0 Å². The number of hydrogen-bond donors (Lipinski definition) is 1. The number of hydrogen-bond acceptors (Lipinski definition) is 1. The third-order valence-electron chi connectivity index (χ3n) is 2.98. The molecule has 0 heterocycles. The average molecular weight is 220 g/mol. The number of benzene rings is 2. The van der Waals surface area contributed by atoms with Crippen LogP contribution in [-0.4, -0.2) is 5.11 Å². The fourth-order valence-electron chi connectivity index (χ4n) is 2.12. The number of aliphatic hydroxyl groups excluding tert-OH is 1. The fourth-order valence-corrected chi connectivity index (χ4v) is 2.12. The first-order chi connectivity index (χ1) is 8.36. The van der Waals surface area contributed by atoms with E-state index in [9.17, 15) is 5.11 Å². The third-order valence-corrected chi connectivity index (χ3v) is 2.98. The summed E-state index contributed by atoms with van der Waals surface area (Å²) in [6.45, 7) is 0. The van der Waals surface area contributed by atoms with E-state index in [0.717, 1.165) is 21.9 Å². The van der Waals surface area contributed by atoms with Gasteiger partial charge in [0.1, 0.15) is 5.76 Å². The molecular weight excluding hydrogens is 208 g/mol. The van der Waals surface area contributed by atoms with Crippen molar-refractivity contribution in [3.05, 3.63) is 77.9 Å². The molecule has 0 spiro atoms. The first-order valence-corrected chi connectivity index (χ1v) is 5.62. The summed E-state index contributed by atoms with van der Waals surface area (Å²) in [6.07, 6.45) is 7.68. The molecule has 82 valence electrons. The summed E-state index contributed by atoms with van der Waals surface area (Å²) in [6, 6.07) is 14.1. The molecule has 3 rings (SSSR count). The van der Waals surface area contributed by atoms with Crippen molar-refractivity contribution in [3.63, 3.8) is 0 Å². The van der Waals surface area contributed by atoms with Crippen LogP contribution in [0, 0.1) is 0 Å². The predicted octanol–water partition coefficient (Wildman–Crippen LogP) is 4.23. The van der Waals surface area contributed by atoms with Crippen molar-refractivity contribution in [1.82, 2.24) is 0 Å². The molecular formula is C16H12O. The Hall–Kier alpha value is -2.28. The van der Waals surface area contributed by atoms with Gasteiger partial charge in [0, 0.05) is 11.1 Å². The lowest BCUT2D eigenvalue weighted by Crippen LogP contribution is -1.88. The van der Waals surface area contributed by atoms with Gasteiger partial charge < -0.3 is 5.11 Å². The molecule has 0 saturated heterocycles. The topological polar surface area (TPSA) is 20.2 Å². The Labute approximate surface area is 100 Å². The summed E-state index contributed by atoms with van der Waals surface area (Å²) in [4.78, 5) is 0. The zero-order valence-corrected chi connectivity index (χ0v) is 9.30. The Morgan fingerprint density at radius 1 is 0.824 bits per heavy atom. The maximum atomic E-state index is 10.3. The fraction of sp³-hybridized carbons (Fsp3) is 0. The molecule has 1 heteroatoms. The molecule has 1 nitrogen and oxygen atoms in total. The van der Waals surface area contributed by atoms with Crippen LogP contribution in [0.2, 0.25) is 0 Å². The second-order valence-corrected chi connectivity index (χ2v) is 4.05. The Morgan fingerprint density at radius 3 is 2.35 bits per heavy atom. The standard InChI is InChI=1S/C16H12O/c17-16(13-7-1-2-8-13)15-11-5-9-12-6-3-4-10-14(12)15/h1-11,17H. The van der Waals surface area contributed by atoms with Crippen LogP contribution in [0.15, 0.2) is 72.3 Å². The van der Waals surface area contributed by atoms with Gasteiger partial charge in [-0.2, -0.15) is 0 Å². The van der Waals surface area contributed by atoms with Gasteiger partial charge in [-0.1, -0.05) is 66.8 Å². The van der Waals surface area contributed by atoms with Gasteiger partial charge in [0.25, 0.3) is 0 Å². The third kappa shape index (κ3) is 1.66. The van der Waals surface area contributed by atoms with E-state index < -0.39 is 0 Å². The second kappa shape index (κ2) is 3.95. The van der Waals surface area contributed by atoms with Crippen LogP contribution in [0.25, 0.3) is 16.5 Å². The molecule has 0 amide bonds. The molecule has 0 bridgehead atoms. The van der Waals surface area contributed by atoms with Gasteiger partial charge in [-0.05, 0) is 10.8 Å². The van der Waals surface area contributed by atoms with Crippen molar-refractivity contribution in [3.8, 4) is 0 Å². The molecule has 2 aromatic carbocycles. The zero-order valence-electron chi connectivity index (χ0n) is 9.30. The molecule has 0 saturated carbocycles. The summed E-state index contributed by atoms with van der Waals surface area (Å²) < 4.78 is 0. The minimum atomic E-state index is 0.340. The summed E-state index contributed by atoms with van der Waals surface area (Å²) in [5.74, 6) is 0.340. The summed E-state index contributed by atoms with van der Waals surface area (Å²) in [7, 11) is 0. The second-order valence-electron chi connectivity index (χ2n) is 4.05. The van der Waals surface area contributed by atoms with Crippen LogP contribution in [0.5, 0.6) is 0 Å². The van der Waals surface area contributed by atoms with Gasteiger partial charge in [0.2, 0.25) is 0 Å². The van der Waals surface area contributed by atoms with Crippen molar-refractivity contribution >= 4 is 16.5 Å². The van der Waals surface area contributed by atoms with Crippen LogP contribution >= 0.6 is 0 Å². The summed E-state index contributed by atoms with van der Waals surface area (Å²) in [5.41, 5.74) is 1.75. The minimum Gasteiger partial charge on any atom is -0.507 e. The normalized spacial score (nSPS) is 13.5. The van der Waals surface area contributed by atoms with E-state index in [1.54, 1.807) is 0 Å². The van der Waals surface area contributed by atoms with E-state index in [0.29, 0.717) is 5.76 Å². The lowest BCUT2D eigenvalue weighted by Gasteiger charge is -2.07. The quantitative estimate of drug-likeness (QED) is 0.713. The maximum absolute atomic E-state index is 10.3. The molecule has 2 aromatic rings. The number of aliphatic hydroxyl groups is 1. The van der Waals surface area contributed by atoms with Gasteiger partial charge in [0.05, 0.1) is 0 Å². The number of rotatable bonds is 1. The largest absolute Gasteiger partial charge is 0.507 e. The SMILES string of the molecule is OC(=C1C=CC=C1)c1cccc2ccccc12. The van der Waals surface area contributed by atoms with Gasteiger partial charge >= 0.3 is 0 Å². The average Bonchev–Trinajstić information content (AvgIpc) is 2.91.